The van der Waals surface area contributed by atoms with Crippen molar-refractivity contribution in [2.75, 3.05) is 28.2 Å². The molecule has 1 aromatic heterocycles. The summed E-state index contributed by atoms with van der Waals surface area (Å²) in [6, 6.07) is 7.37. The molecule has 0 saturated carbocycles. The number of hydrogen-bond acceptors (Lipinski definition) is 5. The van der Waals surface area contributed by atoms with E-state index in [0.29, 0.717) is 42.4 Å². The van der Waals surface area contributed by atoms with Gasteiger partial charge < -0.3 is 10.2 Å². The highest BCUT2D eigenvalue weighted by Crippen LogP contribution is 2.26. The maximum Gasteiger partial charge on any atom is 0.230 e. The smallest absolute Gasteiger partial charge is 0.230 e. The fourth-order valence-electron chi connectivity index (χ4n) is 3.55. The predicted octanol–water partition coefficient (Wildman–Crippen LogP) is 2.97. The van der Waals surface area contributed by atoms with E-state index in [-0.39, 0.29) is 24.1 Å². The highest BCUT2D eigenvalue weighted by Gasteiger charge is 2.24. The van der Waals surface area contributed by atoms with Crippen LogP contribution in [0.1, 0.15) is 37.8 Å². The zero-order valence-electron chi connectivity index (χ0n) is 15.5. The minimum absolute atomic E-state index is 0.0921. The predicted molar refractivity (Wildman–Crippen MR) is 109 cm³/mol. The van der Waals surface area contributed by atoms with Gasteiger partial charge in [0.25, 0.3) is 0 Å². The first-order valence-corrected chi connectivity index (χ1v) is 10.4. The van der Waals surface area contributed by atoms with Crippen LogP contribution in [-0.4, -0.2) is 35.8 Å². The van der Waals surface area contributed by atoms with Crippen LogP contribution in [0, 0.1) is 0 Å². The van der Waals surface area contributed by atoms with Gasteiger partial charge in [-0.3, -0.25) is 19.3 Å². The van der Waals surface area contributed by atoms with Crippen LogP contribution in [-0.2, 0) is 20.8 Å². The summed E-state index contributed by atoms with van der Waals surface area (Å²) in [4.78, 5) is 44.2. The highest BCUT2D eigenvalue weighted by atomic mass is 32.1. The maximum absolute atomic E-state index is 12.4. The van der Waals surface area contributed by atoms with Crippen molar-refractivity contribution in [3.05, 3.63) is 35.3 Å². The van der Waals surface area contributed by atoms with Crippen LogP contribution in [0.5, 0.6) is 0 Å². The van der Waals surface area contributed by atoms with Crippen LogP contribution in [0.3, 0.4) is 0 Å². The molecule has 0 unspecified atom stereocenters. The first kappa shape index (κ1) is 18.6. The van der Waals surface area contributed by atoms with Crippen molar-refractivity contribution in [1.29, 1.82) is 0 Å². The van der Waals surface area contributed by atoms with Gasteiger partial charge in [-0.25, -0.2) is 4.98 Å². The first-order chi connectivity index (χ1) is 13.6. The molecule has 1 N–H and O–H groups in total. The normalized spacial score (nSPS) is 17.3. The molecule has 4 rings (SSSR count). The van der Waals surface area contributed by atoms with Gasteiger partial charge in [0.1, 0.15) is 0 Å². The molecular weight excluding hydrogens is 376 g/mol. The fourth-order valence-corrected chi connectivity index (χ4v) is 4.42. The standard InChI is InChI=1S/C20H22N4O3S/c25-17(12-15-13-28-20(22-15)24-10-4-8-19(24)27)21-14-5-3-6-16(11-14)23-9-2-1-7-18(23)26/h3,5-6,11,13H,1-2,4,7-10,12H2,(H,21,25). The summed E-state index contributed by atoms with van der Waals surface area (Å²) in [5, 5.41) is 5.37. The zero-order chi connectivity index (χ0) is 19.5. The molecule has 2 fully saturated rings. The summed E-state index contributed by atoms with van der Waals surface area (Å²) in [6.45, 7) is 1.41. The minimum Gasteiger partial charge on any atom is -0.326 e. The molecule has 7 nitrogen and oxygen atoms in total. The number of thiazole rings is 1. The van der Waals surface area contributed by atoms with E-state index in [4.69, 9.17) is 0 Å². The minimum atomic E-state index is -0.174. The number of aromatic nitrogens is 1. The summed E-state index contributed by atoms with van der Waals surface area (Å²) in [5.41, 5.74) is 2.12. The van der Waals surface area contributed by atoms with Gasteiger partial charge in [-0.2, -0.15) is 0 Å². The third kappa shape index (κ3) is 4.06. The first-order valence-electron chi connectivity index (χ1n) is 9.55. The Morgan fingerprint density at radius 1 is 1.07 bits per heavy atom. The van der Waals surface area contributed by atoms with Crippen molar-refractivity contribution in [2.45, 2.75) is 38.5 Å². The SMILES string of the molecule is O=C(Cc1csc(N2CCCC2=O)n1)Nc1cccc(N2CCCCC2=O)c1. The van der Waals surface area contributed by atoms with E-state index < -0.39 is 0 Å². The van der Waals surface area contributed by atoms with Gasteiger partial charge in [-0.15, -0.1) is 11.3 Å². The van der Waals surface area contributed by atoms with E-state index >= 15 is 0 Å². The van der Waals surface area contributed by atoms with Crippen LogP contribution in [0.2, 0.25) is 0 Å². The number of carbonyl (C=O) groups is 3. The van der Waals surface area contributed by atoms with Gasteiger partial charge in [-0.05, 0) is 37.5 Å². The van der Waals surface area contributed by atoms with Gasteiger partial charge >= 0.3 is 0 Å². The van der Waals surface area contributed by atoms with Crippen molar-refractivity contribution in [1.82, 2.24) is 4.98 Å². The summed E-state index contributed by atoms with van der Waals surface area (Å²) >= 11 is 1.39. The van der Waals surface area contributed by atoms with Gasteiger partial charge in [0.2, 0.25) is 17.7 Å². The quantitative estimate of drug-likeness (QED) is 0.839. The Morgan fingerprint density at radius 2 is 1.86 bits per heavy atom. The summed E-state index contributed by atoms with van der Waals surface area (Å²) in [5.74, 6) is 0.0438. The molecule has 2 aliphatic heterocycles. The zero-order valence-corrected chi connectivity index (χ0v) is 16.3. The summed E-state index contributed by atoms with van der Waals surface area (Å²) < 4.78 is 0. The molecule has 3 amide bonds. The Bertz CT molecular complexity index is 910. The van der Waals surface area contributed by atoms with Gasteiger partial charge in [0, 0.05) is 42.7 Å². The van der Waals surface area contributed by atoms with Gasteiger partial charge in [0.15, 0.2) is 5.13 Å². The molecule has 28 heavy (non-hydrogen) atoms. The molecule has 0 atom stereocenters. The number of hydrogen-bond donors (Lipinski definition) is 1. The topological polar surface area (TPSA) is 82.6 Å². The average Bonchev–Trinajstić information content (AvgIpc) is 3.31. The molecule has 0 spiro atoms. The number of rotatable bonds is 5. The Hall–Kier alpha value is -2.74. The maximum atomic E-state index is 12.4. The van der Waals surface area contributed by atoms with E-state index in [0.717, 1.165) is 24.9 Å². The van der Waals surface area contributed by atoms with Crippen LogP contribution in [0.15, 0.2) is 29.6 Å². The lowest BCUT2D eigenvalue weighted by atomic mass is 10.1. The molecule has 8 heteroatoms. The largest absolute Gasteiger partial charge is 0.326 e. The number of nitrogens with zero attached hydrogens (tertiary/aromatic N) is 3. The number of nitrogens with one attached hydrogen (secondary N) is 1. The Morgan fingerprint density at radius 3 is 2.64 bits per heavy atom. The number of benzene rings is 1. The molecule has 1 aromatic carbocycles. The van der Waals surface area contributed by atoms with Crippen molar-refractivity contribution in [3.63, 3.8) is 0 Å². The van der Waals surface area contributed by atoms with Gasteiger partial charge in [0.05, 0.1) is 12.1 Å². The number of carbonyl (C=O) groups excluding carboxylic acids is 3. The lowest BCUT2D eigenvalue weighted by Gasteiger charge is -2.27. The van der Waals surface area contributed by atoms with Crippen molar-refractivity contribution < 1.29 is 14.4 Å². The lowest BCUT2D eigenvalue weighted by Crippen LogP contribution is -2.35. The third-order valence-electron chi connectivity index (χ3n) is 4.95. The molecule has 2 aliphatic rings. The van der Waals surface area contributed by atoms with Crippen molar-refractivity contribution >= 4 is 45.6 Å². The van der Waals surface area contributed by atoms with Crippen molar-refractivity contribution in [3.8, 4) is 0 Å². The highest BCUT2D eigenvalue weighted by molar-refractivity contribution is 7.14. The fraction of sp³-hybridized carbons (Fsp3) is 0.400. The van der Waals surface area contributed by atoms with Crippen LogP contribution in [0.25, 0.3) is 0 Å². The summed E-state index contributed by atoms with van der Waals surface area (Å²) in [7, 11) is 0. The van der Waals surface area contributed by atoms with Crippen LogP contribution >= 0.6 is 11.3 Å². The van der Waals surface area contributed by atoms with Gasteiger partial charge in [-0.1, -0.05) is 6.07 Å². The van der Waals surface area contributed by atoms with E-state index in [1.165, 1.54) is 11.3 Å². The van der Waals surface area contributed by atoms with E-state index in [1.54, 1.807) is 9.80 Å². The molecular formula is C20H22N4O3S. The van der Waals surface area contributed by atoms with Crippen LogP contribution in [0.4, 0.5) is 16.5 Å². The third-order valence-corrected chi connectivity index (χ3v) is 5.86. The van der Waals surface area contributed by atoms with E-state index in [1.807, 2.05) is 29.6 Å². The second kappa shape index (κ2) is 8.10. The number of piperidine rings is 1. The number of anilines is 3. The monoisotopic (exact) mass is 398 g/mol. The molecule has 0 aliphatic carbocycles. The molecule has 0 bridgehead atoms. The van der Waals surface area contributed by atoms with E-state index in [9.17, 15) is 14.4 Å². The van der Waals surface area contributed by atoms with E-state index in [2.05, 4.69) is 10.3 Å². The van der Waals surface area contributed by atoms with Crippen molar-refractivity contribution in [2.24, 2.45) is 0 Å². The second-order valence-electron chi connectivity index (χ2n) is 7.05. The molecule has 3 heterocycles. The molecule has 2 aromatic rings. The lowest BCUT2D eigenvalue weighted by molar-refractivity contribution is -0.119. The molecule has 2 saturated heterocycles. The second-order valence-corrected chi connectivity index (χ2v) is 7.88. The Kier molecular flexibility index (Phi) is 5.38. The number of amides is 3. The molecule has 0 radical (unpaired) electrons. The Balaban J connectivity index is 1.39. The average molecular weight is 398 g/mol. The molecule has 146 valence electrons. The van der Waals surface area contributed by atoms with Crippen LogP contribution < -0.4 is 15.1 Å². The Labute approximate surface area is 167 Å². The summed E-state index contributed by atoms with van der Waals surface area (Å²) in [6.07, 6.45) is 4.06.